The number of nitrogens with zero attached hydrogens (tertiary/aromatic N) is 2. The van der Waals surface area contributed by atoms with Crippen LogP contribution in [0.25, 0.3) is 0 Å². The van der Waals surface area contributed by atoms with Crippen LogP contribution >= 0.6 is 0 Å². The van der Waals surface area contributed by atoms with E-state index in [0.29, 0.717) is 31.5 Å². The summed E-state index contributed by atoms with van der Waals surface area (Å²) < 4.78 is 25.5. The number of pyridine rings is 1. The molecule has 130 valence electrons. The smallest absolute Gasteiger partial charge is 0.319 e. The van der Waals surface area contributed by atoms with E-state index in [0.717, 1.165) is 0 Å². The van der Waals surface area contributed by atoms with Gasteiger partial charge in [0, 0.05) is 31.0 Å². The van der Waals surface area contributed by atoms with Gasteiger partial charge in [-0.05, 0) is 31.7 Å². The lowest BCUT2D eigenvalue weighted by atomic mass is 9.74. The van der Waals surface area contributed by atoms with Crippen LogP contribution in [-0.4, -0.2) is 48.5 Å². The third kappa shape index (κ3) is 2.67. The number of amides is 3. The minimum Gasteiger partial charge on any atom is -0.319 e. The Labute approximate surface area is 140 Å². The van der Waals surface area contributed by atoms with Crippen molar-refractivity contribution in [2.24, 2.45) is 5.92 Å². The number of carbonyl (C=O) groups excluding carboxylic acids is 2. The summed E-state index contributed by atoms with van der Waals surface area (Å²) in [4.78, 5) is 28.4. The van der Waals surface area contributed by atoms with Crippen molar-refractivity contribution in [1.82, 2.24) is 19.9 Å². The first-order valence-electron chi connectivity index (χ1n) is 7.92. The monoisotopic (exact) mass is 352 g/mol. The van der Waals surface area contributed by atoms with Crippen LogP contribution in [0.15, 0.2) is 24.5 Å². The third-order valence-corrected chi connectivity index (χ3v) is 6.72. The van der Waals surface area contributed by atoms with Gasteiger partial charge in [0.1, 0.15) is 0 Å². The molecule has 2 aliphatic heterocycles. The fourth-order valence-corrected chi connectivity index (χ4v) is 4.67. The molecule has 0 bridgehead atoms. The van der Waals surface area contributed by atoms with Gasteiger partial charge in [-0.15, -0.1) is 0 Å². The van der Waals surface area contributed by atoms with Gasteiger partial charge >= 0.3 is 6.03 Å². The molecule has 0 unspecified atom stereocenters. The molecule has 3 rings (SSSR count). The zero-order valence-corrected chi connectivity index (χ0v) is 14.2. The molecule has 2 aliphatic rings. The lowest BCUT2D eigenvalue weighted by molar-refractivity contribution is -0.127. The van der Waals surface area contributed by atoms with Gasteiger partial charge in [0.25, 0.3) is 5.91 Å². The maximum atomic E-state index is 12.6. The first-order chi connectivity index (χ1) is 11.4. The van der Waals surface area contributed by atoms with Gasteiger partial charge in [0.2, 0.25) is 10.0 Å². The van der Waals surface area contributed by atoms with Crippen molar-refractivity contribution in [3.8, 4) is 0 Å². The van der Waals surface area contributed by atoms with E-state index >= 15 is 0 Å². The molecule has 1 atom stereocenters. The number of imide groups is 1. The molecular weight excluding hydrogens is 332 g/mol. The molecule has 2 N–H and O–H groups in total. The van der Waals surface area contributed by atoms with Crippen LogP contribution in [0.3, 0.4) is 0 Å². The van der Waals surface area contributed by atoms with Crippen LogP contribution in [0.2, 0.25) is 0 Å². The third-order valence-electron chi connectivity index (χ3n) is 4.84. The summed E-state index contributed by atoms with van der Waals surface area (Å²) in [6.07, 6.45) is 4.15. The first-order valence-corrected chi connectivity index (χ1v) is 9.53. The Kier molecular flexibility index (Phi) is 4.31. The highest BCUT2D eigenvalue weighted by Gasteiger charge is 2.54. The van der Waals surface area contributed by atoms with Crippen LogP contribution in [0.1, 0.15) is 25.3 Å². The maximum absolute atomic E-state index is 12.6. The van der Waals surface area contributed by atoms with Gasteiger partial charge in [0.15, 0.2) is 5.54 Å². The molecule has 0 aromatic carbocycles. The summed E-state index contributed by atoms with van der Waals surface area (Å²) in [6, 6.07) is 2.94. The molecular formula is C15H20N4O4S. The van der Waals surface area contributed by atoms with Gasteiger partial charge < -0.3 is 5.32 Å². The van der Waals surface area contributed by atoms with E-state index in [2.05, 4.69) is 15.6 Å². The van der Waals surface area contributed by atoms with E-state index in [-0.39, 0.29) is 11.7 Å². The van der Waals surface area contributed by atoms with Crippen molar-refractivity contribution in [2.45, 2.75) is 25.3 Å². The van der Waals surface area contributed by atoms with Crippen LogP contribution in [-0.2, 0) is 20.4 Å². The number of aromatic nitrogens is 1. The van der Waals surface area contributed by atoms with E-state index in [4.69, 9.17) is 0 Å². The number of urea groups is 1. The number of sulfonamides is 1. The molecule has 0 saturated carbocycles. The SMILES string of the molecule is CCS(=O)(=O)N1CCC([C@]2(c3cccnc3)NC(=O)NC2=O)CC1. The topological polar surface area (TPSA) is 108 Å². The number of piperidine rings is 1. The predicted molar refractivity (Wildman–Crippen MR) is 86.3 cm³/mol. The zero-order valence-electron chi connectivity index (χ0n) is 13.4. The predicted octanol–water partition coefficient (Wildman–Crippen LogP) is 0.178. The van der Waals surface area contributed by atoms with E-state index in [9.17, 15) is 18.0 Å². The van der Waals surface area contributed by atoms with E-state index in [1.807, 2.05) is 0 Å². The molecule has 24 heavy (non-hydrogen) atoms. The largest absolute Gasteiger partial charge is 0.322 e. The summed E-state index contributed by atoms with van der Waals surface area (Å²) >= 11 is 0. The lowest BCUT2D eigenvalue weighted by Gasteiger charge is -2.40. The Morgan fingerprint density at radius 3 is 2.54 bits per heavy atom. The van der Waals surface area contributed by atoms with Crippen LogP contribution in [0, 0.1) is 5.92 Å². The van der Waals surface area contributed by atoms with Gasteiger partial charge in [0.05, 0.1) is 5.75 Å². The second kappa shape index (κ2) is 6.14. The summed E-state index contributed by atoms with van der Waals surface area (Å²) in [5, 5.41) is 5.07. The lowest BCUT2D eigenvalue weighted by Crippen LogP contribution is -2.54. The van der Waals surface area contributed by atoms with E-state index in [1.165, 1.54) is 4.31 Å². The highest BCUT2D eigenvalue weighted by molar-refractivity contribution is 7.89. The average molecular weight is 352 g/mol. The molecule has 9 heteroatoms. The fraction of sp³-hybridized carbons (Fsp3) is 0.533. The average Bonchev–Trinajstić information content (AvgIpc) is 2.91. The normalized spacial score (nSPS) is 26.2. The number of hydrogen-bond donors (Lipinski definition) is 2. The van der Waals surface area contributed by atoms with Crippen molar-refractivity contribution >= 4 is 22.0 Å². The molecule has 3 amide bonds. The quantitative estimate of drug-likeness (QED) is 0.752. The van der Waals surface area contributed by atoms with Crippen molar-refractivity contribution in [2.75, 3.05) is 18.8 Å². The summed E-state index contributed by atoms with van der Waals surface area (Å²) in [6.45, 7) is 2.29. The Morgan fingerprint density at radius 1 is 1.33 bits per heavy atom. The van der Waals surface area contributed by atoms with E-state index < -0.39 is 27.5 Å². The molecule has 0 spiro atoms. The van der Waals surface area contributed by atoms with Crippen molar-refractivity contribution in [3.63, 3.8) is 0 Å². The first kappa shape index (κ1) is 16.8. The van der Waals surface area contributed by atoms with Gasteiger partial charge in [-0.3, -0.25) is 15.1 Å². The molecule has 8 nitrogen and oxygen atoms in total. The van der Waals surface area contributed by atoms with E-state index in [1.54, 1.807) is 31.5 Å². The zero-order chi connectivity index (χ0) is 17.4. The van der Waals surface area contributed by atoms with Gasteiger partial charge in [-0.2, -0.15) is 0 Å². The minimum absolute atomic E-state index is 0.0582. The molecule has 2 saturated heterocycles. The Hall–Kier alpha value is -2.00. The number of carbonyl (C=O) groups is 2. The minimum atomic E-state index is -3.24. The molecule has 1 aromatic heterocycles. The molecule has 0 radical (unpaired) electrons. The van der Waals surface area contributed by atoms with Gasteiger partial charge in [-0.25, -0.2) is 17.5 Å². The van der Waals surface area contributed by atoms with Crippen molar-refractivity contribution < 1.29 is 18.0 Å². The highest BCUT2D eigenvalue weighted by atomic mass is 32.2. The second-order valence-corrected chi connectivity index (χ2v) is 8.29. The Bertz CT molecular complexity index is 744. The maximum Gasteiger partial charge on any atom is 0.322 e. The highest BCUT2D eigenvalue weighted by Crippen LogP contribution is 2.39. The van der Waals surface area contributed by atoms with Crippen LogP contribution in [0.4, 0.5) is 4.79 Å². The van der Waals surface area contributed by atoms with Crippen LogP contribution in [0.5, 0.6) is 0 Å². The Balaban J connectivity index is 1.90. The molecule has 3 heterocycles. The molecule has 0 aliphatic carbocycles. The Morgan fingerprint density at radius 2 is 2.04 bits per heavy atom. The fourth-order valence-electron chi connectivity index (χ4n) is 3.54. The summed E-state index contributed by atoms with van der Waals surface area (Å²) in [7, 11) is -3.24. The summed E-state index contributed by atoms with van der Waals surface area (Å²) in [5.74, 6) is -0.545. The van der Waals surface area contributed by atoms with Crippen molar-refractivity contribution in [1.29, 1.82) is 0 Å². The van der Waals surface area contributed by atoms with Crippen LogP contribution < -0.4 is 10.6 Å². The number of hydrogen-bond acceptors (Lipinski definition) is 5. The number of rotatable bonds is 4. The van der Waals surface area contributed by atoms with Gasteiger partial charge in [-0.1, -0.05) is 6.07 Å². The summed E-state index contributed by atoms with van der Waals surface area (Å²) in [5.41, 5.74) is -0.571. The number of nitrogens with one attached hydrogen (secondary N) is 2. The molecule has 1 aromatic rings. The second-order valence-electron chi connectivity index (χ2n) is 6.03. The van der Waals surface area contributed by atoms with Crippen molar-refractivity contribution in [3.05, 3.63) is 30.1 Å². The standard InChI is InChI=1S/C15H20N4O4S/c1-2-24(22,23)19-8-5-11(6-9-19)15(12-4-3-7-16-10-12)13(20)17-14(21)18-15/h3-4,7,10-11H,2,5-6,8-9H2,1H3,(H2,17,18,20,21)/t15-/m1/s1. The molecule has 2 fully saturated rings.